The number of ether oxygens (including phenoxy) is 1. The number of fused-ring (bicyclic) bond motifs is 2. The summed E-state index contributed by atoms with van der Waals surface area (Å²) in [6, 6.07) is 5.54. The van der Waals surface area contributed by atoms with Gasteiger partial charge >= 0.3 is 5.97 Å². The predicted molar refractivity (Wildman–Crippen MR) is 142 cm³/mol. The lowest BCUT2D eigenvalue weighted by Crippen LogP contribution is -2.59. The fourth-order valence-electron chi connectivity index (χ4n) is 4.74. The van der Waals surface area contributed by atoms with E-state index in [2.05, 4.69) is 22.2 Å². The third-order valence-electron chi connectivity index (χ3n) is 6.76. The highest BCUT2D eigenvalue weighted by Gasteiger charge is 2.42. The maximum absolute atomic E-state index is 13.6. The smallest absolute Gasteiger partial charge is 0.330 e. The van der Waals surface area contributed by atoms with Crippen molar-refractivity contribution in [2.45, 2.75) is 43.9 Å². The lowest BCUT2D eigenvalue weighted by Gasteiger charge is -2.38. The van der Waals surface area contributed by atoms with Crippen LogP contribution in [0.15, 0.2) is 29.3 Å². The SMILES string of the molecule is CCOC(=O)C1CN(S(=O)(=O)c2cc3cc(C(=N)N)ccc3[nH]2)CCN1C(=O)c1nc2c(s1)CNC(C)C2. The number of esters is 1. The van der Waals surface area contributed by atoms with Gasteiger partial charge < -0.3 is 25.7 Å². The number of amidine groups is 1. The lowest BCUT2D eigenvalue weighted by atomic mass is 10.1. The zero-order chi connectivity index (χ0) is 27.2. The van der Waals surface area contributed by atoms with Crippen molar-refractivity contribution in [2.75, 3.05) is 26.2 Å². The molecule has 12 nitrogen and oxygen atoms in total. The number of carbonyl (C=O) groups is 2. The maximum atomic E-state index is 13.6. The van der Waals surface area contributed by atoms with Crippen molar-refractivity contribution in [3.63, 3.8) is 0 Å². The highest BCUT2D eigenvalue weighted by Crippen LogP contribution is 2.28. The van der Waals surface area contributed by atoms with E-state index in [1.54, 1.807) is 25.1 Å². The second-order valence-electron chi connectivity index (χ2n) is 9.35. The predicted octanol–water partition coefficient (Wildman–Crippen LogP) is 1.02. The highest BCUT2D eigenvalue weighted by atomic mass is 32.2. The highest BCUT2D eigenvalue weighted by molar-refractivity contribution is 7.89. The van der Waals surface area contributed by atoms with E-state index in [9.17, 15) is 18.0 Å². The zero-order valence-electron chi connectivity index (χ0n) is 21.0. The number of benzene rings is 1. The Balaban J connectivity index is 1.41. The summed E-state index contributed by atoms with van der Waals surface area (Å²) in [5.74, 6) is -1.20. The Hall–Kier alpha value is -3.33. The first-order valence-corrected chi connectivity index (χ1v) is 14.5. The number of H-pyrrole nitrogens is 1. The summed E-state index contributed by atoms with van der Waals surface area (Å²) in [6.07, 6.45) is 0.713. The van der Waals surface area contributed by atoms with Crippen LogP contribution < -0.4 is 11.1 Å². The number of nitrogen functional groups attached to an aromatic ring is 1. The number of rotatable bonds is 6. The molecule has 0 spiro atoms. The second kappa shape index (κ2) is 10.1. The molecule has 2 aliphatic heterocycles. The normalized spacial score (nSPS) is 20.3. The van der Waals surface area contributed by atoms with Crippen LogP contribution in [0, 0.1) is 5.41 Å². The van der Waals surface area contributed by atoms with Gasteiger partial charge in [-0.25, -0.2) is 18.2 Å². The molecular weight excluding hydrogens is 530 g/mol. The molecular formula is C24H29N7O5S2. The molecule has 1 fully saturated rings. The summed E-state index contributed by atoms with van der Waals surface area (Å²) in [5.41, 5.74) is 7.49. The number of thiazole rings is 1. The number of nitrogens with two attached hydrogens (primary N) is 1. The Bertz CT molecular complexity index is 1530. The molecule has 2 aliphatic rings. The number of sulfonamides is 1. The number of aromatic nitrogens is 2. The van der Waals surface area contributed by atoms with Gasteiger partial charge in [0.25, 0.3) is 15.9 Å². The topological polar surface area (TPSA) is 175 Å². The van der Waals surface area contributed by atoms with Crippen LogP contribution in [0.3, 0.4) is 0 Å². The van der Waals surface area contributed by atoms with Crippen molar-refractivity contribution in [3.05, 3.63) is 45.4 Å². The molecule has 0 bridgehead atoms. The van der Waals surface area contributed by atoms with Gasteiger partial charge in [-0.15, -0.1) is 11.3 Å². The van der Waals surface area contributed by atoms with Gasteiger partial charge in [-0.1, -0.05) is 0 Å². The molecule has 1 aromatic carbocycles. The minimum Gasteiger partial charge on any atom is -0.464 e. The quantitative estimate of drug-likeness (QED) is 0.197. The molecule has 0 saturated carbocycles. The van der Waals surface area contributed by atoms with Crippen molar-refractivity contribution in [3.8, 4) is 0 Å². The minimum absolute atomic E-state index is 0.00171. The third-order valence-corrected chi connectivity index (χ3v) is 9.63. The second-order valence-corrected chi connectivity index (χ2v) is 12.3. The molecule has 5 rings (SSSR count). The molecule has 202 valence electrons. The lowest BCUT2D eigenvalue weighted by molar-refractivity contribution is -0.149. The molecule has 3 aromatic rings. The van der Waals surface area contributed by atoms with Crippen LogP contribution in [0.4, 0.5) is 0 Å². The molecule has 1 amide bonds. The Morgan fingerprint density at radius 1 is 1.29 bits per heavy atom. The van der Waals surface area contributed by atoms with Gasteiger partial charge in [-0.05, 0) is 38.1 Å². The van der Waals surface area contributed by atoms with Gasteiger partial charge in [0.05, 0.1) is 12.3 Å². The van der Waals surface area contributed by atoms with E-state index in [4.69, 9.17) is 15.9 Å². The maximum Gasteiger partial charge on any atom is 0.330 e. The van der Waals surface area contributed by atoms with Gasteiger partial charge in [0, 0.05) is 60.0 Å². The average molecular weight is 560 g/mol. The van der Waals surface area contributed by atoms with E-state index in [0.29, 0.717) is 29.4 Å². The first kappa shape index (κ1) is 26.3. The van der Waals surface area contributed by atoms with E-state index in [0.717, 1.165) is 10.6 Å². The summed E-state index contributed by atoms with van der Waals surface area (Å²) >= 11 is 1.30. The molecule has 5 N–H and O–H groups in total. The fraction of sp³-hybridized carbons (Fsp3) is 0.417. The van der Waals surface area contributed by atoms with Crippen LogP contribution in [-0.2, 0) is 32.5 Å². The van der Waals surface area contributed by atoms with Crippen molar-refractivity contribution in [2.24, 2.45) is 5.73 Å². The van der Waals surface area contributed by atoms with E-state index in [-0.39, 0.29) is 48.2 Å². The standard InChI is InChI=1S/C24H29N7O5S2/c1-3-36-24(33)18-12-30(38(34,35)20-10-15-9-14(21(25)26)4-5-16(15)28-20)6-7-31(18)23(32)22-29-17-8-13(2)27-11-19(17)37-22/h4-5,9-10,13,18,27-28H,3,6-8,11-12H2,1-2H3,(H3,25,26). The van der Waals surface area contributed by atoms with Crippen LogP contribution in [-0.4, -0.2) is 83.6 Å². The van der Waals surface area contributed by atoms with Crippen LogP contribution >= 0.6 is 11.3 Å². The minimum atomic E-state index is -4.03. The molecule has 2 unspecified atom stereocenters. The number of nitrogens with zero attached hydrogens (tertiary/aromatic N) is 3. The number of hydrogen-bond acceptors (Lipinski definition) is 9. The Labute approximate surface area is 223 Å². The third kappa shape index (κ3) is 4.79. The number of carbonyl (C=O) groups excluding carboxylic acids is 2. The van der Waals surface area contributed by atoms with Crippen molar-refractivity contribution >= 4 is 50.0 Å². The molecule has 1 saturated heterocycles. The summed E-state index contributed by atoms with van der Waals surface area (Å²) < 4.78 is 33.5. The van der Waals surface area contributed by atoms with E-state index in [1.807, 2.05) is 0 Å². The molecule has 2 atom stereocenters. The van der Waals surface area contributed by atoms with Gasteiger partial charge in [0.1, 0.15) is 16.9 Å². The Kier molecular flexibility index (Phi) is 6.98. The fourth-order valence-corrected chi connectivity index (χ4v) is 7.18. The molecule has 14 heteroatoms. The monoisotopic (exact) mass is 559 g/mol. The number of piperazine rings is 1. The number of hydrogen-bond donors (Lipinski definition) is 4. The van der Waals surface area contributed by atoms with Crippen LogP contribution in [0.2, 0.25) is 0 Å². The van der Waals surface area contributed by atoms with Crippen molar-refractivity contribution < 1.29 is 22.7 Å². The van der Waals surface area contributed by atoms with Crippen molar-refractivity contribution in [1.29, 1.82) is 5.41 Å². The molecule has 0 aliphatic carbocycles. The summed E-state index contributed by atoms with van der Waals surface area (Å²) in [4.78, 5) is 36.2. The van der Waals surface area contributed by atoms with Gasteiger partial charge in [-0.3, -0.25) is 10.2 Å². The molecule has 4 heterocycles. The number of amides is 1. The summed E-state index contributed by atoms with van der Waals surface area (Å²) in [6.45, 7) is 4.20. The van der Waals surface area contributed by atoms with E-state index < -0.39 is 27.9 Å². The first-order chi connectivity index (χ1) is 18.1. The Morgan fingerprint density at radius 2 is 2.08 bits per heavy atom. The molecule has 38 heavy (non-hydrogen) atoms. The van der Waals surface area contributed by atoms with Gasteiger partial charge in [0.15, 0.2) is 5.01 Å². The number of nitrogens with one attached hydrogen (secondary N) is 3. The van der Waals surface area contributed by atoms with Crippen LogP contribution in [0.1, 0.15) is 39.8 Å². The van der Waals surface area contributed by atoms with E-state index >= 15 is 0 Å². The van der Waals surface area contributed by atoms with Crippen LogP contribution in [0.5, 0.6) is 0 Å². The summed E-state index contributed by atoms with van der Waals surface area (Å²) in [5, 5.41) is 11.8. The molecule has 2 aromatic heterocycles. The molecule has 0 radical (unpaired) electrons. The summed E-state index contributed by atoms with van der Waals surface area (Å²) in [7, 11) is -4.03. The van der Waals surface area contributed by atoms with Crippen LogP contribution in [0.25, 0.3) is 10.9 Å². The Morgan fingerprint density at radius 3 is 2.82 bits per heavy atom. The average Bonchev–Trinajstić information content (AvgIpc) is 3.52. The van der Waals surface area contributed by atoms with E-state index in [1.165, 1.54) is 26.6 Å². The first-order valence-electron chi connectivity index (χ1n) is 12.3. The zero-order valence-corrected chi connectivity index (χ0v) is 22.6. The van der Waals surface area contributed by atoms with Crippen molar-refractivity contribution in [1.82, 2.24) is 24.5 Å². The largest absolute Gasteiger partial charge is 0.464 e. The van der Waals surface area contributed by atoms with Gasteiger partial charge in [-0.2, -0.15) is 4.31 Å². The number of aromatic amines is 1. The van der Waals surface area contributed by atoms with Gasteiger partial charge in [0.2, 0.25) is 0 Å².